The standard InChI is InChI=1S/C15H14N4O5/c1-24-9-4-2-8(3-5-9)19-13(21)6-10(14(19)22)16-11-7-12(20)18-15(23)17-11/h2-5,7,10H,6H2,1H3,(H3,16,17,18,20,23)/t10-/m1/s1. The summed E-state index contributed by atoms with van der Waals surface area (Å²) in [6.45, 7) is 0. The molecule has 2 aromatic rings. The molecule has 1 atom stereocenters. The van der Waals surface area contributed by atoms with Crippen LogP contribution in [0.4, 0.5) is 11.5 Å². The van der Waals surface area contributed by atoms with Crippen LogP contribution in [0.15, 0.2) is 39.9 Å². The second kappa shape index (κ2) is 6.03. The van der Waals surface area contributed by atoms with Crippen LogP contribution in [0.25, 0.3) is 0 Å². The summed E-state index contributed by atoms with van der Waals surface area (Å²) in [5, 5.41) is 2.71. The van der Waals surface area contributed by atoms with Gasteiger partial charge in [0.15, 0.2) is 0 Å². The van der Waals surface area contributed by atoms with Crippen LogP contribution in [0.2, 0.25) is 0 Å². The minimum absolute atomic E-state index is 0.0754. The summed E-state index contributed by atoms with van der Waals surface area (Å²) >= 11 is 0. The molecule has 1 aliphatic heterocycles. The van der Waals surface area contributed by atoms with Crippen LogP contribution in [-0.2, 0) is 9.59 Å². The number of benzene rings is 1. The highest BCUT2D eigenvalue weighted by Gasteiger charge is 2.39. The van der Waals surface area contributed by atoms with E-state index in [1.807, 2.05) is 4.98 Å². The smallest absolute Gasteiger partial charge is 0.327 e. The summed E-state index contributed by atoms with van der Waals surface area (Å²) in [5.41, 5.74) is -0.881. The number of nitrogens with zero attached hydrogens (tertiary/aromatic N) is 1. The fourth-order valence-electron chi connectivity index (χ4n) is 2.48. The molecule has 1 aromatic heterocycles. The van der Waals surface area contributed by atoms with Crippen LogP contribution in [0, 0.1) is 0 Å². The third-order valence-electron chi connectivity index (χ3n) is 3.57. The van der Waals surface area contributed by atoms with Gasteiger partial charge in [-0.1, -0.05) is 0 Å². The van der Waals surface area contributed by atoms with E-state index in [0.29, 0.717) is 11.4 Å². The van der Waals surface area contributed by atoms with Crippen LogP contribution in [0.3, 0.4) is 0 Å². The SMILES string of the molecule is COc1ccc(N2C(=O)C[C@@H](Nc3cc(=O)[nH]c(=O)[nH]3)C2=O)cc1. The van der Waals surface area contributed by atoms with Gasteiger partial charge in [-0.3, -0.25) is 24.4 Å². The molecule has 1 aliphatic rings. The molecule has 3 N–H and O–H groups in total. The van der Waals surface area contributed by atoms with Gasteiger partial charge in [0.2, 0.25) is 5.91 Å². The summed E-state index contributed by atoms with van der Waals surface area (Å²) < 4.78 is 5.04. The number of hydrogen-bond donors (Lipinski definition) is 3. The number of rotatable bonds is 4. The first kappa shape index (κ1) is 15.5. The quantitative estimate of drug-likeness (QED) is 0.668. The first-order chi connectivity index (χ1) is 11.5. The third kappa shape index (κ3) is 2.91. The van der Waals surface area contributed by atoms with Gasteiger partial charge < -0.3 is 10.1 Å². The van der Waals surface area contributed by atoms with Crippen molar-refractivity contribution in [3.63, 3.8) is 0 Å². The van der Waals surface area contributed by atoms with Gasteiger partial charge in [-0.15, -0.1) is 0 Å². The molecule has 1 aromatic carbocycles. The molecule has 2 heterocycles. The molecule has 124 valence electrons. The molecule has 0 bridgehead atoms. The number of anilines is 2. The van der Waals surface area contributed by atoms with Crippen molar-refractivity contribution in [3.05, 3.63) is 51.2 Å². The number of carbonyl (C=O) groups is 2. The molecule has 0 radical (unpaired) electrons. The fraction of sp³-hybridized carbons (Fsp3) is 0.200. The van der Waals surface area contributed by atoms with E-state index in [-0.39, 0.29) is 18.1 Å². The third-order valence-corrected chi connectivity index (χ3v) is 3.57. The van der Waals surface area contributed by atoms with Gasteiger partial charge in [-0.25, -0.2) is 9.69 Å². The number of hydrogen-bond acceptors (Lipinski definition) is 6. The predicted octanol–water partition coefficient (Wildman–Crippen LogP) is -0.184. The van der Waals surface area contributed by atoms with Gasteiger partial charge >= 0.3 is 5.69 Å². The Morgan fingerprint density at radius 1 is 1.12 bits per heavy atom. The molecule has 9 nitrogen and oxygen atoms in total. The second-order valence-corrected chi connectivity index (χ2v) is 5.17. The Morgan fingerprint density at radius 3 is 2.46 bits per heavy atom. The van der Waals surface area contributed by atoms with Crippen LogP contribution >= 0.6 is 0 Å². The highest BCUT2D eigenvalue weighted by molar-refractivity contribution is 6.23. The van der Waals surface area contributed by atoms with Crippen molar-refractivity contribution in [2.24, 2.45) is 0 Å². The molecular formula is C15H14N4O5. The number of aromatic nitrogens is 2. The van der Waals surface area contributed by atoms with Crippen molar-refractivity contribution in [2.75, 3.05) is 17.3 Å². The topological polar surface area (TPSA) is 124 Å². The first-order valence-electron chi connectivity index (χ1n) is 7.09. The van der Waals surface area contributed by atoms with Crippen molar-refractivity contribution in [1.29, 1.82) is 0 Å². The Kier molecular flexibility index (Phi) is 3.90. The van der Waals surface area contributed by atoms with E-state index in [1.165, 1.54) is 7.11 Å². The highest BCUT2D eigenvalue weighted by Crippen LogP contribution is 2.26. The summed E-state index contributed by atoms with van der Waals surface area (Å²) in [6.07, 6.45) is -0.0836. The van der Waals surface area contributed by atoms with E-state index < -0.39 is 23.2 Å². The van der Waals surface area contributed by atoms with E-state index >= 15 is 0 Å². The van der Waals surface area contributed by atoms with Crippen LogP contribution < -0.4 is 26.2 Å². The van der Waals surface area contributed by atoms with E-state index in [1.54, 1.807) is 24.3 Å². The second-order valence-electron chi connectivity index (χ2n) is 5.17. The highest BCUT2D eigenvalue weighted by atomic mass is 16.5. The Hall–Kier alpha value is -3.36. The van der Waals surface area contributed by atoms with Gasteiger partial charge in [0.05, 0.1) is 19.2 Å². The van der Waals surface area contributed by atoms with Gasteiger partial charge in [0.25, 0.3) is 11.5 Å². The summed E-state index contributed by atoms with van der Waals surface area (Å²) in [6, 6.07) is 6.74. The predicted molar refractivity (Wildman–Crippen MR) is 85.2 cm³/mol. The van der Waals surface area contributed by atoms with Gasteiger partial charge in [-0.05, 0) is 24.3 Å². The van der Waals surface area contributed by atoms with Gasteiger partial charge in [0.1, 0.15) is 17.6 Å². The number of methoxy groups -OCH3 is 1. The summed E-state index contributed by atoms with van der Waals surface area (Å²) in [4.78, 5) is 52.6. The number of H-pyrrole nitrogens is 2. The normalized spacial score (nSPS) is 17.2. The Labute approximate surface area is 135 Å². The molecule has 1 saturated heterocycles. The molecule has 9 heteroatoms. The summed E-state index contributed by atoms with van der Waals surface area (Å²) in [5.74, 6) is -0.166. The number of imide groups is 1. The van der Waals surface area contributed by atoms with Crippen molar-refractivity contribution in [3.8, 4) is 5.75 Å². The lowest BCUT2D eigenvalue weighted by molar-refractivity contribution is -0.121. The monoisotopic (exact) mass is 330 g/mol. The van der Waals surface area contributed by atoms with Crippen LogP contribution in [0.5, 0.6) is 5.75 Å². The van der Waals surface area contributed by atoms with Crippen molar-refractivity contribution >= 4 is 23.3 Å². The fourth-order valence-corrected chi connectivity index (χ4v) is 2.48. The zero-order chi connectivity index (χ0) is 17.3. The number of carbonyl (C=O) groups excluding carboxylic acids is 2. The van der Waals surface area contributed by atoms with Gasteiger partial charge in [0, 0.05) is 6.07 Å². The van der Waals surface area contributed by atoms with E-state index in [4.69, 9.17) is 4.74 Å². The molecular weight excluding hydrogens is 316 g/mol. The maximum absolute atomic E-state index is 12.5. The molecule has 0 saturated carbocycles. The van der Waals surface area contributed by atoms with E-state index in [2.05, 4.69) is 10.3 Å². The maximum atomic E-state index is 12.5. The van der Waals surface area contributed by atoms with E-state index in [0.717, 1.165) is 11.0 Å². The number of aromatic amines is 2. The van der Waals surface area contributed by atoms with Crippen LogP contribution in [0.1, 0.15) is 6.42 Å². The Balaban J connectivity index is 1.83. The number of ether oxygens (including phenoxy) is 1. The first-order valence-corrected chi connectivity index (χ1v) is 7.09. The van der Waals surface area contributed by atoms with Crippen molar-refractivity contribution in [2.45, 2.75) is 12.5 Å². The van der Waals surface area contributed by atoms with Crippen molar-refractivity contribution < 1.29 is 14.3 Å². The Morgan fingerprint density at radius 2 is 1.83 bits per heavy atom. The number of amides is 2. The minimum atomic E-state index is -0.864. The zero-order valence-electron chi connectivity index (χ0n) is 12.7. The average molecular weight is 330 g/mol. The molecule has 0 aliphatic carbocycles. The molecule has 24 heavy (non-hydrogen) atoms. The van der Waals surface area contributed by atoms with Gasteiger partial charge in [-0.2, -0.15) is 0 Å². The lowest BCUT2D eigenvalue weighted by Crippen LogP contribution is -2.35. The number of nitrogens with one attached hydrogen (secondary N) is 3. The average Bonchev–Trinajstić information content (AvgIpc) is 2.80. The Bertz CT molecular complexity index is 871. The largest absolute Gasteiger partial charge is 0.497 e. The molecule has 0 unspecified atom stereocenters. The zero-order valence-corrected chi connectivity index (χ0v) is 12.7. The lowest BCUT2D eigenvalue weighted by Gasteiger charge is -2.16. The van der Waals surface area contributed by atoms with Crippen LogP contribution in [-0.4, -0.2) is 34.9 Å². The molecule has 1 fully saturated rings. The molecule has 2 amide bonds. The lowest BCUT2D eigenvalue weighted by atomic mass is 10.2. The minimum Gasteiger partial charge on any atom is -0.497 e. The van der Waals surface area contributed by atoms with Crippen molar-refractivity contribution in [1.82, 2.24) is 9.97 Å². The van der Waals surface area contributed by atoms with E-state index in [9.17, 15) is 19.2 Å². The summed E-state index contributed by atoms with van der Waals surface area (Å²) in [7, 11) is 1.52. The molecule has 3 rings (SSSR count). The molecule has 0 spiro atoms. The maximum Gasteiger partial charge on any atom is 0.327 e.